The van der Waals surface area contributed by atoms with Crippen LogP contribution in [-0.4, -0.2) is 17.0 Å². The lowest BCUT2D eigenvalue weighted by molar-refractivity contribution is 0.547. The van der Waals surface area contributed by atoms with Crippen LogP contribution in [0.5, 0.6) is 0 Å². The van der Waals surface area contributed by atoms with Gasteiger partial charge in [-0.3, -0.25) is 0 Å². The Kier molecular flexibility index (Phi) is 3.56. The van der Waals surface area contributed by atoms with Crippen LogP contribution in [0, 0.1) is 6.92 Å². The third-order valence-corrected chi connectivity index (χ3v) is 3.07. The fraction of sp³-hybridized carbons (Fsp3) is 0.375. The van der Waals surface area contributed by atoms with Crippen LogP contribution in [0.25, 0.3) is 11.3 Å². The summed E-state index contributed by atoms with van der Waals surface area (Å²) in [5.41, 5.74) is 3.29. The van der Waals surface area contributed by atoms with Crippen molar-refractivity contribution in [3.63, 3.8) is 0 Å². The predicted octanol–water partition coefficient (Wildman–Crippen LogP) is 3.79. The summed E-state index contributed by atoms with van der Waals surface area (Å²) in [6, 6.07) is 10.3. The molecule has 3 nitrogen and oxygen atoms in total. The Morgan fingerprint density at radius 3 is 2.32 bits per heavy atom. The van der Waals surface area contributed by atoms with Crippen LogP contribution in [-0.2, 0) is 5.41 Å². The number of hydrogen-bond donors (Lipinski definition) is 1. The quantitative estimate of drug-likeness (QED) is 0.887. The Bertz CT molecular complexity index is 583. The van der Waals surface area contributed by atoms with Crippen LogP contribution >= 0.6 is 0 Å². The summed E-state index contributed by atoms with van der Waals surface area (Å²) in [4.78, 5) is 9.29. The molecule has 0 amide bonds. The van der Waals surface area contributed by atoms with E-state index in [0.29, 0.717) is 0 Å². The van der Waals surface area contributed by atoms with Gasteiger partial charge in [-0.1, -0.05) is 45.0 Å². The highest BCUT2D eigenvalue weighted by molar-refractivity contribution is 5.66. The van der Waals surface area contributed by atoms with Gasteiger partial charge in [0, 0.05) is 24.1 Å². The molecule has 0 radical (unpaired) electrons. The van der Waals surface area contributed by atoms with Crippen molar-refractivity contribution in [3.8, 4) is 11.3 Å². The Balaban J connectivity index is 2.61. The minimum atomic E-state index is -0.0652. The van der Waals surface area contributed by atoms with E-state index in [-0.39, 0.29) is 5.41 Å². The number of benzene rings is 1. The third-order valence-electron chi connectivity index (χ3n) is 3.07. The van der Waals surface area contributed by atoms with E-state index in [4.69, 9.17) is 4.98 Å². The predicted molar refractivity (Wildman–Crippen MR) is 80.5 cm³/mol. The molecule has 0 aliphatic rings. The lowest BCUT2D eigenvalue weighted by Gasteiger charge is -2.19. The van der Waals surface area contributed by atoms with Gasteiger partial charge in [-0.05, 0) is 12.5 Å². The minimum Gasteiger partial charge on any atom is -0.373 e. The topological polar surface area (TPSA) is 37.8 Å². The van der Waals surface area contributed by atoms with Gasteiger partial charge in [-0.15, -0.1) is 0 Å². The summed E-state index contributed by atoms with van der Waals surface area (Å²) >= 11 is 0. The number of nitrogens with zero attached hydrogens (tertiary/aromatic N) is 2. The summed E-state index contributed by atoms with van der Waals surface area (Å²) in [6.45, 7) is 8.49. The van der Waals surface area contributed by atoms with E-state index >= 15 is 0 Å². The van der Waals surface area contributed by atoms with E-state index in [1.807, 2.05) is 25.2 Å². The van der Waals surface area contributed by atoms with Crippen LogP contribution < -0.4 is 5.32 Å². The normalized spacial score (nSPS) is 11.4. The molecule has 1 heterocycles. The van der Waals surface area contributed by atoms with Crippen molar-refractivity contribution in [2.45, 2.75) is 33.1 Å². The molecule has 1 aromatic carbocycles. The monoisotopic (exact) mass is 255 g/mol. The standard InChI is InChI=1S/C16H21N3/c1-11-8-6-7-9-12(11)13-10-14(17-5)19-15(18-13)16(2,3)4/h6-10H,1-5H3,(H,17,18,19). The van der Waals surface area contributed by atoms with Crippen molar-refractivity contribution in [1.29, 1.82) is 0 Å². The lowest BCUT2D eigenvalue weighted by Crippen LogP contribution is -2.17. The average molecular weight is 255 g/mol. The van der Waals surface area contributed by atoms with Gasteiger partial charge in [0.1, 0.15) is 11.6 Å². The highest BCUT2D eigenvalue weighted by Gasteiger charge is 2.19. The molecule has 100 valence electrons. The van der Waals surface area contributed by atoms with Crippen LogP contribution in [0.3, 0.4) is 0 Å². The first kappa shape index (κ1) is 13.5. The molecule has 0 unspecified atom stereocenters. The molecule has 3 heteroatoms. The molecule has 0 bridgehead atoms. The summed E-state index contributed by atoms with van der Waals surface area (Å²) < 4.78 is 0. The molecule has 2 aromatic rings. The Labute approximate surface area is 115 Å². The molecule has 0 spiro atoms. The summed E-state index contributed by atoms with van der Waals surface area (Å²) in [7, 11) is 1.89. The smallest absolute Gasteiger partial charge is 0.136 e. The fourth-order valence-corrected chi connectivity index (χ4v) is 1.91. The Morgan fingerprint density at radius 1 is 1.05 bits per heavy atom. The number of rotatable bonds is 2. The number of nitrogens with one attached hydrogen (secondary N) is 1. The Morgan fingerprint density at radius 2 is 1.74 bits per heavy atom. The molecule has 19 heavy (non-hydrogen) atoms. The van der Waals surface area contributed by atoms with Gasteiger partial charge in [0.05, 0.1) is 5.69 Å². The average Bonchev–Trinajstić information content (AvgIpc) is 2.37. The van der Waals surface area contributed by atoms with Crippen LogP contribution in [0.1, 0.15) is 32.2 Å². The molecule has 2 rings (SSSR count). The highest BCUT2D eigenvalue weighted by atomic mass is 15.0. The van der Waals surface area contributed by atoms with Gasteiger partial charge < -0.3 is 5.32 Å². The number of anilines is 1. The molecule has 0 saturated heterocycles. The van der Waals surface area contributed by atoms with E-state index < -0.39 is 0 Å². The first-order valence-corrected chi connectivity index (χ1v) is 6.55. The second-order valence-corrected chi connectivity index (χ2v) is 5.78. The van der Waals surface area contributed by atoms with Gasteiger partial charge in [-0.2, -0.15) is 0 Å². The van der Waals surface area contributed by atoms with Gasteiger partial charge >= 0.3 is 0 Å². The highest BCUT2D eigenvalue weighted by Crippen LogP contribution is 2.27. The minimum absolute atomic E-state index is 0.0652. The lowest BCUT2D eigenvalue weighted by atomic mass is 9.95. The van der Waals surface area contributed by atoms with Crippen LogP contribution in [0.2, 0.25) is 0 Å². The summed E-state index contributed by atoms with van der Waals surface area (Å²) in [6.07, 6.45) is 0. The van der Waals surface area contributed by atoms with Crippen molar-refractivity contribution >= 4 is 5.82 Å². The van der Waals surface area contributed by atoms with E-state index in [2.05, 4.69) is 50.1 Å². The molecule has 0 aliphatic heterocycles. The maximum Gasteiger partial charge on any atom is 0.136 e. The zero-order valence-corrected chi connectivity index (χ0v) is 12.3. The molecular weight excluding hydrogens is 234 g/mol. The van der Waals surface area contributed by atoms with Crippen molar-refractivity contribution < 1.29 is 0 Å². The van der Waals surface area contributed by atoms with Crippen molar-refractivity contribution in [2.24, 2.45) is 0 Å². The largest absolute Gasteiger partial charge is 0.373 e. The maximum absolute atomic E-state index is 4.73. The number of hydrogen-bond acceptors (Lipinski definition) is 3. The fourth-order valence-electron chi connectivity index (χ4n) is 1.91. The third kappa shape index (κ3) is 2.92. The van der Waals surface area contributed by atoms with E-state index in [1.54, 1.807) is 0 Å². The second kappa shape index (κ2) is 5.00. The Hall–Kier alpha value is -1.90. The van der Waals surface area contributed by atoms with Crippen LogP contribution in [0.15, 0.2) is 30.3 Å². The molecule has 0 saturated carbocycles. The maximum atomic E-state index is 4.73. The summed E-state index contributed by atoms with van der Waals surface area (Å²) in [5, 5.41) is 3.12. The molecule has 0 aliphatic carbocycles. The molecule has 0 fully saturated rings. The van der Waals surface area contributed by atoms with Gasteiger partial charge in [0.15, 0.2) is 0 Å². The number of aryl methyl sites for hydroxylation is 1. The zero-order valence-electron chi connectivity index (χ0n) is 12.3. The number of aromatic nitrogens is 2. The summed E-state index contributed by atoms with van der Waals surface area (Å²) in [5.74, 6) is 1.72. The van der Waals surface area contributed by atoms with Gasteiger partial charge in [0.25, 0.3) is 0 Å². The van der Waals surface area contributed by atoms with E-state index in [0.717, 1.165) is 22.9 Å². The van der Waals surface area contributed by atoms with Crippen molar-refractivity contribution in [1.82, 2.24) is 9.97 Å². The SMILES string of the molecule is CNc1cc(-c2ccccc2C)nc(C(C)(C)C)n1. The molecule has 1 N–H and O–H groups in total. The van der Waals surface area contributed by atoms with Gasteiger partial charge in [0.2, 0.25) is 0 Å². The molecule has 1 aromatic heterocycles. The van der Waals surface area contributed by atoms with Crippen molar-refractivity contribution in [3.05, 3.63) is 41.7 Å². The van der Waals surface area contributed by atoms with E-state index in [1.165, 1.54) is 5.56 Å². The first-order valence-electron chi connectivity index (χ1n) is 6.55. The van der Waals surface area contributed by atoms with Gasteiger partial charge in [-0.25, -0.2) is 9.97 Å². The second-order valence-electron chi connectivity index (χ2n) is 5.78. The van der Waals surface area contributed by atoms with Crippen molar-refractivity contribution in [2.75, 3.05) is 12.4 Å². The zero-order chi connectivity index (χ0) is 14.0. The van der Waals surface area contributed by atoms with E-state index in [9.17, 15) is 0 Å². The first-order chi connectivity index (χ1) is 8.91. The molecular formula is C16H21N3. The molecule has 0 atom stereocenters. The van der Waals surface area contributed by atoms with Crippen LogP contribution in [0.4, 0.5) is 5.82 Å².